The third-order valence-electron chi connectivity index (χ3n) is 5.45. The van der Waals surface area contributed by atoms with Crippen molar-refractivity contribution in [3.63, 3.8) is 0 Å². The van der Waals surface area contributed by atoms with Crippen molar-refractivity contribution in [2.24, 2.45) is 4.99 Å². The number of nitrogens with one attached hydrogen (secondary N) is 2. The largest absolute Gasteiger partial charge is 0.435 e. The van der Waals surface area contributed by atoms with Crippen LogP contribution in [0, 0.1) is 6.92 Å². The van der Waals surface area contributed by atoms with Crippen molar-refractivity contribution < 1.29 is 13.5 Å². The molecule has 2 N–H and O–H groups in total. The molecule has 1 aliphatic heterocycles. The number of aromatic nitrogens is 2. The maximum atomic E-state index is 12.3. The maximum absolute atomic E-state index is 12.3. The van der Waals surface area contributed by atoms with Crippen molar-refractivity contribution >= 4 is 11.6 Å². The molecule has 0 saturated carbocycles. The summed E-state index contributed by atoms with van der Waals surface area (Å²) in [5, 5.41) is 6.91. The van der Waals surface area contributed by atoms with Crippen LogP contribution in [0.25, 0.3) is 0 Å². The lowest BCUT2D eigenvalue weighted by atomic mass is 10.0. The number of aliphatic imine (C=N–C) groups is 1. The van der Waals surface area contributed by atoms with Gasteiger partial charge in [-0.3, -0.25) is 4.99 Å². The van der Waals surface area contributed by atoms with Crippen molar-refractivity contribution in [1.29, 1.82) is 0 Å². The number of alkyl halides is 2. The molecule has 0 radical (unpaired) electrons. The first kappa shape index (κ1) is 22.8. The molecule has 1 fully saturated rings. The van der Waals surface area contributed by atoms with E-state index in [-0.39, 0.29) is 11.8 Å². The van der Waals surface area contributed by atoms with E-state index in [2.05, 4.69) is 34.8 Å². The van der Waals surface area contributed by atoms with E-state index in [9.17, 15) is 8.78 Å². The topological polar surface area (TPSA) is 66.7 Å². The van der Waals surface area contributed by atoms with Gasteiger partial charge in [-0.2, -0.15) is 8.78 Å². The van der Waals surface area contributed by atoms with Gasteiger partial charge >= 0.3 is 6.61 Å². The van der Waals surface area contributed by atoms with Gasteiger partial charge in [0.2, 0.25) is 0 Å². The minimum Gasteiger partial charge on any atom is -0.435 e. The molecule has 1 aromatic heterocycles. The quantitative estimate of drug-likeness (QED) is 0.360. The Morgan fingerprint density at radius 2 is 2.10 bits per heavy atom. The Hall–Kier alpha value is -2.84. The molecule has 3 rings (SSSR count). The molecule has 2 aromatic rings. The number of hydrogen-bond acceptors (Lipinski definition) is 4. The molecule has 31 heavy (non-hydrogen) atoms. The molecule has 7 nitrogen and oxygen atoms in total. The SMILES string of the molecule is CN=C(NCCCCn1ccnc1C)NC1CCCN(c2ccc(OC(F)F)cc2)C1. The van der Waals surface area contributed by atoms with E-state index in [4.69, 9.17) is 0 Å². The van der Waals surface area contributed by atoms with Crippen molar-refractivity contribution in [1.82, 2.24) is 20.2 Å². The Morgan fingerprint density at radius 1 is 1.29 bits per heavy atom. The zero-order valence-corrected chi connectivity index (χ0v) is 18.2. The number of halogens is 2. The second-order valence-corrected chi connectivity index (χ2v) is 7.68. The molecule has 0 bridgehead atoms. The van der Waals surface area contributed by atoms with Crippen LogP contribution >= 0.6 is 0 Å². The van der Waals surface area contributed by atoms with Gasteiger partial charge in [-0.05, 0) is 56.9 Å². The van der Waals surface area contributed by atoms with Crippen LogP contribution in [0.3, 0.4) is 0 Å². The number of ether oxygens (including phenoxy) is 1. The second kappa shape index (κ2) is 11.5. The van der Waals surface area contributed by atoms with Crippen LogP contribution < -0.4 is 20.3 Å². The number of benzene rings is 1. The number of guanidine groups is 1. The van der Waals surface area contributed by atoms with Gasteiger partial charge in [0.25, 0.3) is 0 Å². The predicted octanol–water partition coefficient (Wildman–Crippen LogP) is 3.41. The molecule has 0 amide bonds. The average molecular weight is 435 g/mol. The highest BCUT2D eigenvalue weighted by molar-refractivity contribution is 5.80. The fourth-order valence-corrected chi connectivity index (χ4v) is 3.81. The third-order valence-corrected chi connectivity index (χ3v) is 5.45. The van der Waals surface area contributed by atoms with Crippen LogP contribution in [-0.2, 0) is 6.54 Å². The van der Waals surface area contributed by atoms with E-state index in [0.29, 0.717) is 0 Å². The molecule has 170 valence electrons. The molecular formula is C22H32F2N6O. The van der Waals surface area contributed by atoms with E-state index in [1.807, 2.05) is 31.5 Å². The van der Waals surface area contributed by atoms with Gasteiger partial charge in [0.15, 0.2) is 5.96 Å². The van der Waals surface area contributed by atoms with Gasteiger partial charge in [-0.15, -0.1) is 0 Å². The number of nitrogens with zero attached hydrogens (tertiary/aromatic N) is 4. The number of piperidine rings is 1. The Kier molecular flexibility index (Phi) is 8.49. The molecule has 9 heteroatoms. The van der Waals surface area contributed by atoms with Crippen molar-refractivity contribution in [2.75, 3.05) is 31.6 Å². The van der Waals surface area contributed by atoms with Crippen molar-refractivity contribution in [3.8, 4) is 5.75 Å². The lowest BCUT2D eigenvalue weighted by molar-refractivity contribution is -0.0498. The fraction of sp³-hybridized carbons (Fsp3) is 0.545. The first-order valence-corrected chi connectivity index (χ1v) is 10.8. The van der Waals surface area contributed by atoms with Gasteiger partial charge in [0, 0.05) is 57.3 Å². The standard InChI is InChI=1S/C22H32F2N6O/c1-17-26-12-15-29(17)13-4-3-11-27-22(25-2)28-18-6-5-14-30(16-18)19-7-9-20(10-8-19)31-21(23)24/h7-10,12,15,18,21H,3-6,11,13-14,16H2,1-2H3,(H2,25,27,28). The summed E-state index contributed by atoms with van der Waals surface area (Å²) >= 11 is 0. The minimum absolute atomic E-state index is 0.179. The number of hydrogen-bond donors (Lipinski definition) is 2. The molecule has 1 atom stereocenters. The predicted molar refractivity (Wildman–Crippen MR) is 119 cm³/mol. The van der Waals surface area contributed by atoms with Gasteiger partial charge in [0.05, 0.1) is 0 Å². The van der Waals surface area contributed by atoms with Gasteiger partial charge in [0.1, 0.15) is 11.6 Å². The first-order valence-electron chi connectivity index (χ1n) is 10.8. The minimum atomic E-state index is -2.80. The third kappa shape index (κ3) is 7.11. The van der Waals surface area contributed by atoms with E-state index >= 15 is 0 Å². The summed E-state index contributed by atoms with van der Waals surface area (Å²) in [7, 11) is 1.78. The van der Waals surface area contributed by atoms with Crippen LogP contribution in [0.2, 0.25) is 0 Å². The second-order valence-electron chi connectivity index (χ2n) is 7.68. The lowest BCUT2D eigenvalue weighted by Gasteiger charge is -2.35. The van der Waals surface area contributed by atoms with Crippen LogP contribution in [0.15, 0.2) is 41.7 Å². The summed E-state index contributed by atoms with van der Waals surface area (Å²) in [4.78, 5) is 10.9. The van der Waals surface area contributed by atoms with E-state index < -0.39 is 6.61 Å². The molecule has 1 aliphatic rings. The highest BCUT2D eigenvalue weighted by atomic mass is 19.3. The number of imidazole rings is 1. The summed E-state index contributed by atoms with van der Waals surface area (Å²) in [6.45, 7) is 2.81. The van der Waals surface area contributed by atoms with Gasteiger partial charge in [-0.1, -0.05) is 0 Å². The highest BCUT2D eigenvalue weighted by Crippen LogP contribution is 2.23. The first-order chi connectivity index (χ1) is 15.0. The van der Waals surface area contributed by atoms with Gasteiger partial charge < -0.3 is 24.8 Å². The highest BCUT2D eigenvalue weighted by Gasteiger charge is 2.21. The number of unbranched alkanes of at least 4 members (excludes halogenated alkanes) is 1. The number of aryl methyl sites for hydroxylation is 2. The van der Waals surface area contributed by atoms with E-state index in [0.717, 1.165) is 69.3 Å². The van der Waals surface area contributed by atoms with Crippen LogP contribution in [0.5, 0.6) is 5.75 Å². The summed E-state index contributed by atoms with van der Waals surface area (Å²) in [6.07, 6.45) is 8.07. The van der Waals surface area contributed by atoms with Crippen LogP contribution in [0.1, 0.15) is 31.5 Å². The number of rotatable bonds is 9. The lowest BCUT2D eigenvalue weighted by Crippen LogP contribution is -2.51. The maximum Gasteiger partial charge on any atom is 0.387 e. The summed E-state index contributed by atoms with van der Waals surface area (Å²) in [5.41, 5.74) is 1.01. The average Bonchev–Trinajstić information content (AvgIpc) is 3.17. The molecule has 2 heterocycles. The molecule has 0 aliphatic carbocycles. The zero-order valence-electron chi connectivity index (χ0n) is 18.2. The molecular weight excluding hydrogens is 402 g/mol. The Balaban J connectivity index is 1.41. The van der Waals surface area contributed by atoms with Crippen molar-refractivity contribution in [2.45, 2.75) is 51.8 Å². The van der Waals surface area contributed by atoms with Gasteiger partial charge in [-0.25, -0.2) is 4.98 Å². The number of anilines is 1. The van der Waals surface area contributed by atoms with Crippen LogP contribution in [0.4, 0.5) is 14.5 Å². The Morgan fingerprint density at radius 3 is 2.77 bits per heavy atom. The summed E-state index contributed by atoms with van der Waals surface area (Å²) in [5.74, 6) is 2.04. The zero-order chi connectivity index (χ0) is 22.1. The molecule has 1 unspecified atom stereocenters. The van der Waals surface area contributed by atoms with E-state index in [1.165, 1.54) is 0 Å². The smallest absolute Gasteiger partial charge is 0.387 e. The van der Waals surface area contributed by atoms with Crippen molar-refractivity contribution in [3.05, 3.63) is 42.5 Å². The Bertz CT molecular complexity index is 824. The molecule has 1 saturated heterocycles. The van der Waals surface area contributed by atoms with E-state index in [1.54, 1.807) is 19.2 Å². The molecule has 1 aromatic carbocycles. The fourth-order valence-electron chi connectivity index (χ4n) is 3.81. The summed E-state index contributed by atoms with van der Waals surface area (Å²) in [6, 6.07) is 7.10. The molecule has 0 spiro atoms. The van der Waals surface area contributed by atoms with Crippen LogP contribution in [-0.4, -0.2) is 54.8 Å². The Labute approximate surface area is 182 Å². The monoisotopic (exact) mass is 434 g/mol. The summed E-state index contributed by atoms with van der Waals surface area (Å²) < 4.78 is 31.3. The normalized spacial score (nSPS) is 17.1.